The maximum Gasteiger partial charge on any atom is 0.255 e. The fraction of sp³-hybridized carbons (Fsp3) is 0.267. The maximum atomic E-state index is 12.0. The van der Waals surface area contributed by atoms with Crippen LogP contribution < -0.4 is 5.32 Å². The monoisotopic (exact) mass is 255 g/mol. The van der Waals surface area contributed by atoms with Crippen LogP contribution in [0.25, 0.3) is 0 Å². The van der Waals surface area contributed by atoms with Crippen molar-refractivity contribution in [2.75, 3.05) is 5.32 Å². The van der Waals surface area contributed by atoms with Crippen LogP contribution in [0.15, 0.2) is 42.9 Å². The lowest BCUT2D eigenvalue weighted by molar-refractivity contribution is 0.102. The van der Waals surface area contributed by atoms with E-state index in [1.807, 2.05) is 6.07 Å². The number of hydrogen-bond acceptors (Lipinski definition) is 3. The van der Waals surface area contributed by atoms with E-state index in [-0.39, 0.29) is 11.3 Å². The number of carbonyl (C=O) groups excluding carboxylic acids is 1. The van der Waals surface area contributed by atoms with Gasteiger partial charge in [-0.3, -0.25) is 14.8 Å². The summed E-state index contributed by atoms with van der Waals surface area (Å²) in [6.07, 6.45) is 4.91. The summed E-state index contributed by atoms with van der Waals surface area (Å²) in [6, 6.07) is 7.05. The van der Waals surface area contributed by atoms with Gasteiger partial charge in [-0.15, -0.1) is 0 Å². The summed E-state index contributed by atoms with van der Waals surface area (Å²) in [5.74, 6) is -0.145. The third-order valence-corrected chi connectivity index (χ3v) is 2.73. The molecule has 0 radical (unpaired) electrons. The largest absolute Gasteiger partial charge is 0.322 e. The minimum absolute atomic E-state index is 0.0442. The highest BCUT2D eigenvalue weighted by molar-refractivity contribution is 6.04. The van der Waals surface area contributed by atoms with Gasteiger partial charge >= 0.3 is 0 Å². The predicted octanol–water partition coefficient (Wildman–Crippen LogP) is 3.03. The normalized spacial score (nSPS) is 11.1. The van der Waals surface area contributed by atoms with Gasteiger partial charge in [-0.05, 0) is 24.3 Å². The zero-order valence-electron chi connectivity index (χ0n) is 11.3. The molecule has 2 heterocycles. The predicted molar refractivity (Wildman–Crippen MR) is 75.1 cm³/mol. The Balaban J connectivity index is 2.18. The minimum atomic E-state index is -0.145. The van der Waals surface area contributed by atoms with E-state index < -0.39 is 0 Å². The van der Waals surface area contributed by atoms with E-state index in [1.165, 1.54) is 0 Å². The minimum Gasteiger partial charge on any atom is -0.322 e. The Labute approximate surface area is 112 Å². The molecule has 0 aliphatic carbocycles. The summed E-state index contributed by atoms with van der Waals surface area (Å²) in [7, 11) is 0. The van der Waals surface area contributed by atoms with E-state index in [4.69, 9.17) is 0 Å². The summed E-state index contributed by atoms with van der Waals surface area (Å²) in [6.45, 7) is 6.26. The molecule has 19 heavy (non-hydrogen) atoms. The molecule has 0 saturated carbocycles. The Hall–Kier alpha value is -2.23. The Morgan fingerprint density at radius 1 is 1.11 bits per heavy atom. The van der Waals surface area contributed by atoms with Gasteiger partial charge in [0.15, 0.2) is 0 Å². The zero-order valence-corrected chi connectivity index (χ0v) is 11.3. The Morgan fingerprint density at radius 2 is 1.79 bits per heavy atom. The number of anilines is 1. The lowest BCUT2D eigenvalue weighted by Gasteiger charge is -2.18. The van der Waals surface area contributed by atoms with E-state index in [0.29, 0.717) is 5.56 Å². The number of pyridine rings is 2. The molecule has 0 atom stereocenters. The fourth-order valence-electron chi connectivity index (χ4n) is 1.63. The SMILES string of the molecule is CC(C)(C)c1cc(NC(=O)c2ccncc2)ccn1. The van der Waals surface area contributed by atoms with Crippen LogP contribution in [0, 0.1) is 0 Å². The number of rotatable bonds is 2. The van der Waals surface area contributed by atoms with Crippen molar-refractivity contribution >= 4 is 11.6 Å². The van der Waals surface area contributed by atoms with Crippen molar-refractivity contribution in [3.05, 3.63) is 54.1 Å². The van der Waals surface area contributed by atoms with Gasteiger partial charge in [0.25, 0.3) is 5.91 Å². The molecule has 0 unspecified atom stereocenters. The number of nitrogens with one attached hydrogen (secondary N) is 1. The Kier molecular flexibility index (Phi) is 3.60. The van der Waals surface area contributed by atoms with Gasteiger partial charge in [0, 0.05) is 41.0 Å². The van der Waals surface area contributed by atoms with Gasteiger partial charge in [0.05, 0.1) is 0 Å². The van der Waals surface area contributed by atoms with Crippen molar-refractivity contribution in [2.45, 2.75) is 26.2 Å². The highest BCUT2D eigenvalue weighted by Crippen LogP contribution is 2.22. The van der Waals surface area contributed by atoms with Gasteiger partial charge < -0.3 is 5.32 Å². The summed E-state index contributed by atoms with van der Waals surface area (Å²) < 4.78 is 0. The molecule has 0 saturated heterocycles. The zero-order chi connectivity index (χ0) is 13.9. The Morgan fingerprint density at radius 3 is 2.42 bits per heavy atom. The van der Waals surface area contributed by atoms with Crippen LogP contribution in [-0.2, 0) is 5.41 Å². The van der Waals surface area contributed by atoms with Crippen molar-refractivity contribution in [3.63, 3.8) is 0 Å². The molecular formula is C15H17N3O. The van der Waals surface area contributed by atoms with E-state index in [0.717, 1.165) is 11.4 Å². The Bertz CT molecular complexity index is 573. The summed E-state index contributed by atoms with van der Waals surface area (Å²) in [5, 5.41) is 2.86. The second-order valence-electron chi connectivity index (χ2n) is 5.37. The van der Waals surface area contributed by atoms with Crippen molar-refractivity contribution in [3.8, 4) is 0 Å². The van der Waals surface area contributed by atoms with Gasteiger partial charge in [-0.1, -0.05) is 20.8 Å². The van der Waals surface area contributed by atoms with E-state index in [9.17, 15) is 4.79 Å². The van der Waals surface area contributed by atoms with Crippen LogP contribution in [0.3, 0.4) is 0 Å². The average Bonchev–Trinajstić information content (AvgIpc) is 2.39. The molecule has 98 valence electrons. The lowest BCUT2D eigenvalue weighted by Crippen LogP contribution is -2.16. The molecule has 0 aromatic carbocycles. The molecular weight excluding hydrogens is 238 g/mol. The van der Waals surface area contributed by atoms with Gasteiger partial charge in [0.1, 0.15) is 0 Å². The van der Waals surface area contributed by atoms with Crippen LogP contribution in [0.4, 0.5) is 5.69 Å². The van der Waals surface area contributed by atoms with Crippen molar-refractivity contribution in [2.24, 2.45) is 0 Å². The summed E-state index contributed by atoms with van der Waals surface area (Å²) in [5.41, 5.74) is 2.24. The summed E-state index contributed by atoms with van der Waals surface area (Å²) in [4.78, 5) is 20.2. The first-order valence-electron chi connectivity index (χ1n) is 6.15. The van der Waals surface area contributed by atoms with Crippen LogP contribution >= 0.6 is 0 Å². The van der Waals surface area contributed by atoms with Crippen molar-refractivity contribution in [1.29, 1.82) is 0 Å². The number of carbonyl (C=O) groups is 1. The van der Waals surface area contributed by atoms with E-state index in [2.05, 4.69) is 36.1 Å². The number of amides is 1. The van der Waals surface area contributed by atoms with Crippen molar-refractivity contribution < 1.29 is 4.79 Å². The van der Waals surface area contributed by atoms with Crippen LogP contribution in [0.5, 0.6) is 0 Å². The molecule has 4 heteroatoms. The number of nitrogens with zero attached hydrogens (tertiary/aromatic N) is 2. The molecule has 1 amide bonds. The van der Waals surface area contributed by atoms with E-state index >= 15 is 0 Å². The molecule has 4 nitrogen and oxygen atoms in total. The van der Waals surface area contributed by atoms with Crippen molar-refractivity contribution in [1.82, 2.24) is 9.97 Å². The first-order chi connectivity index (χ1) is 8.97. The lowest BCUT2D eigenvalue weighted by atomic mass is 9.91. The standard InChI is InChI=1S/C15H17N3O/c1-15(2,3)13-10-12(6-9-17-13)18-14(19)11-4-7-16-8-5-11/h4-10H,1-3H3,(H,17,18,19). The van der Waals surface area contributed by atoms with Gasteiger partial charge in [-0.25, -0.2) is 0 Å². The quantitative estimate of drug-likeness (QED) is 0.897. The second kappa shape index (κ2) is 5.18. The fourth-order valence-corrected chi connectivity index (χ4v) is 1.63. The molecule has 2 aromatic heterocycles. The summed E-state index contributed by atoms with van der Waals surface area (Å²) >= 11 is 0. The number of hydrogen-bond donors (Lipinski definition) is 1. The molecule has 0 fully saturated rings. The third kappa shape index (κ3) is 3.37. The second-order valence-corrected chi connectivity index (χ2v) is 5.37. The topological polar surface area (TPSA) is 54.9 Å². The van der Waals surface area contributed by atoms with Gasteiger partial charge in [-0.2, -0.15) is 0 Å². The molecule has 0 aliphatic heterocycles. The third-order valence-electron chi connectivity index (χ3n) is 2.73. The van der Waals surface area contributed by atoms with Gasteiger partial charge in [0.2, 0.25) is 0 Å². The molecule has 2 aromatic rings. The molecule has 0 aliphatic rings. The average molecular weight is 255 g/mol. The molecule has 0 bridgehead atoms. The highest BCUT2D eigenvalue weighted by atomic mass is 16.1. The van der Waals surface area contributed by atoms with Crippen LogP contribution in [0.2, 0.25) is 0 Å². The smallest absolute Gasteiger partial charge is 0.255 e. The first-order valence-corrected chi connectivity index (χ1v) is 6.15. The number of aromatic nitrogens is 2. The molecule has 1 N–H and O–H groups in total. The molecule has 2 rings (SSSR count). The maximum absolute atomic E-state index is 12.0. The highest BCUT2D eigenvalue weighted by Gasteiger charge is 2.16. The molecule has 0 spiro atoms. The first kappa shape index (κ1) is 13.2. The van der Waals surface area contributed by atoms with Crippen LogP contribution in [0.1, 0.15) is 36.8 Å². The van der Waals surface area contributed by atoms with E-state index in [1.54, 1.807) is 36.8 Å². The van der Waals surface area contributed by atoms with Crippen LogP contribution in [-0.4, -0.2) is 15.9 Å².